The van der Waals surface area contributed by atoms with Crippen LogP contribution in [0.15, 0.2) is 24.3 Å². The van der Waals surface area contributed by atoms with E-state index in [0.717, 1.165) is 50.9 Å². The van der Waals surface area contributed by atoms with Gasteiger partial charge >= 0.3 is 0 Å². The molecule has 0 unspecified atom stereocenters. The molecular weight excluding hydrogens is 356 g/mol. The number of nitrogens with zero attached hydrogens (tertiary/aromatic N) is 3. The van der Waals surface area contributed by atoms with Gasteiger partial charge in [0.15, 0.2) is 5.82 Å². The number of nitrogens with one attached hydrogen (secondary N) is 1. The fraction of sp³-hybridized carbons (Fsp3) is 0.476. The quantitative estimate of drug-likeness (QED) is 0.862. The lowest BCUT2D eigenvalue weighted by molar-refractivity contribution is 0.0786. The van der Waals surface area contributed by atoms with E-state index in [4.69, 9.17) is 4.74 Å². The molecule has 0 bridgehead atoms. The Balaban J connectivity index is 1.64. The minimum atomic E-state index is -0.309. The van der Waals surface area contributed by atoms with Crippen molar-refractivity contribution in [2.45, 2.75) is 45.6 Å². The molecular formula is C21H26N4O3. The highest BCUT2D eigenvalue weighted by atomic mass is 16.5. The number of para-hydroxylation sites is 2. The van der Waals surface area contributed by atoms with Crippen LogP contribution in [0.2, 0.25) is 0 Å². The second kappa shape index (κ2) is 8.04. The van der Waals surface area contributed by atoms with Gasteiger partial charge in [-0.1, -0.05) is 12.1 Å². The molecule has 0 saturated carbocycles. The Hall–Kier alpha value is -2.83. The molecule has 1 fully saturated rings. The number of hydrogen-bond donors (Lipinski definition) is 1. The summed E-state index contributed by atoms with van der Waals surface area (Å²) < 4.78 is 7.52. The van der Waals surface area contributed by atoms with Crippen molar-refractivity contribution >= 4 is 17.5 Å². The SMILES string of the molecule is CCOc1ccccc1NC(=O)c1nc(C(=O)N2CCCC2)c2n1CCCC2. The van der Waals surface area contributed by atoms with Crippen molar-refractivity contribution < 1.29 is 14.3 Å². The molecule has 1 aromatic carbocycles. The fourth-order valence-corrected chi connectivity index (χ4v) is 3.99. The van der Waals surface area contributed by atoms with Gasteiger partial charge in [-0.05, 0) is 51.2 Å². The molecule has 1 aromatic heterocycles. The number of rotatable bonds is 5. The van der Waals surface area contributed by atoms with Crippen LogP contribution in [0.3, 0.4) is 0 Å². The average Bonchev–Trinajstić information content (AvgIpc) is 3.37. The van der Waals surface area contributed by atoms with Crippen molar-refractivity contribution in [2.24, 2.45) is 0 Å². The van der Waals surface area contributed by atoms with Gasteiger partial charge in [-0.2, -0.15) is 0 Å². The largest absolute Gasteiger partial charge is 0.492 e. The first-order chi connectivity index (χ1) is 13.7. The van der Waals surface area contributed by atoms with Crippen LogP contribution in [-0.2, 0) is 13.0 Å². The van der Waals surface area contributed by atoms with E-state index in [1.54, 1.807) is 6.07 Å². The molecule has 28 heavy (non-hydrogen) atoms. The summed E-state index contributed by atoms with van der Waals surface area (Å²) in [7, 11) is 0. The summed E-state index contributed by atoms with van der Waals surface area (Å²) in [5, 5.41) is 2.91. The van der Waals surface area contributed by atoms with Gasteiger partial charge < -0.3 is 19.5 Å². The van der Waals surface area contributed by atoms with Crippen molar-refractivity contribution in [1.29, 1.82) is 0 Å². The summed E-state index contributed by atoms with van der Waals surface area (Å²) >= 11 is 0. The number of aromatic nitrogens is 2. The van der Waals surface area contributed by atoms with E-state index in [1.165, 1.54) is 0 Å². The molecule has 7 nitrogen and oxygen atoms in total. The van der Waals surface area contributed by atoms with Gasteiger partial charge in [-0.15, -0.1) is 0 Å². The third-order valence-electron chi connectivity index (χ3n) is 5.35. The second-order valence-corrected chi connectivity index (χ2v) is 7.22. The summed E-state index contributed by atoms with van der Waals surface area (Å²) in [6, 6.07) is 7.34. The molecule has 0 spiro atoms. The third kappa shape index (κ3) is 3.48. The molecule has 2 aromatic rings. The van der Waals surface area contributed by atoms with Crippen LogP contribution in [0.5, 0.6) is 5.75 Å². The molecule has 2 aliphatic heterocycles. The second-order valence-electron chi connectivity index (χ2n) is 7.22. The van der Waals surface area contributed by atoms with Gasteiger partial charge in [0.1, 0.15) is 11.4 Å². The monoisotopic (exact) mass is 382 g/mol. The number of ether oxygens (including phenoxy) is 1. The molecule has 7 heteroatoms. The van der Waals surface area contributed by atoms with Crippen molar-refractivity contribution in [3.8, 4) is 5.75 Å². The lowest BCUT2D eigenvalue weighted by atomic mass is 10.1. The lowest BCUT2D eigenvalue weighted by Crippen LogP contribution is -2.29. The first-order valence-electron chi connectivity index (χ1n) is 10.1. The van der Waals surface area contributed by atoms with Crippen LogP contribution < -0.4 is 10.1 Å². The maximum atomic E-state index is 13.0. The molecule has 2 aliphatic rings. The standard InChI is InChI=1S/C21H26N4O3/c1-2-28-17-11-4-3-9-15(17)22-20(26)19-23-18(16-10-5-6-14-25(16)19)21(27)24-12-7-8-13-24/h3-4,9,11H,2,5-8,10,12-14H2,1H3,(H,22,26). The number of benzene rings is 1. The molecule has 148 valence electrons. The maximum Gasteiger partial charge on any atom is 0.291 e. The maximum absolute atomic E-state index is 13.0. The third-order valence-corrected chi connectivity index (χ3v) is 5.35. The number of amides is 2. The summed E-state index contributed by atoms with van der Waals surface area (Å²) in [6.07, 6.45) is 4.84. The number of likely N-dealkylation sites (tertiary alicyclic amines) is 1. The minimum absolute atomic E-state index is 0.0445. The summed E-state index contributed by atoms with van der Waals surface area (Å²) in [4.78, 5) is 32.4. The Morgan fingerprint density at radius 2 is 1.86 bits per heavy atom. The van der Waals surface area contributed by atoms with E-state index in [0.29, 0.717) is 36.1 Å². The van der Waals surface area contributed by atoms with Crippen molar-refractivity contribution in [2.75, 3.05) is 25.0 Å². The predicted molar refractivity (Wildman–Crippen MR) is 106 cm³/mol. The minimum Gasteiger partial charge on any atom is -0.492 e. The van der Waals surface area contributed by atoms with Gasteiger partial charge in [-0.25, -0.2) is 4.98 Å². The number of anilines is 1. The summed E-state index contributed by atoms with van der Waals surface area (Å²) in [6.45, 7) is 4.67. The smallest absolute Gasteiger partial charge is 0.291 e. The van der Waals surface area contributed by atoms with Gasteiger partial charge in [0.05, 0.1) is 18.0 Å². The Bertz CT molecular complexity index is 884. The van der Waals surface area contributed by atoms with Crippen LogP contribution in [0, 0.1) is 0 Å². The molecule has 3 heterocycles. The Labute approximate surface area is 164 Å². The van der Waals surface area contributed by atoms with E-state index < -0.39 is 0 Å². The molecule has 0 aliphatic carbocycles. The number of carbonyl (C=O) groups is 2. The first kappa shape index (κ1) is 18.5. The number of imidazole rings is 1. The van der Waals surface area contributed by atoms with E-state index in [-0.39, 0.29) is 11.8 Å². The fourth-order valence-electron chi connectivity index (χ4n) is 3.99. The van der Waals surface area contributed by atoms with Crippen molar-refractivity contribution in [1.82, 2.24) is 14.5 Å². The van der Waals surface area contributed by atoms with Gasteiger partial charge in [0, 0.05) is 19.6 Å². The van der Waals surface area contributed by atoms with E-state index in [1.807, 2.05) is 34.6 Å². The highest BCUT2D eigenvalue weighted by molar-refractivity contribution is 6.04. The van der Waals surface area contributed by atoms with Gasteiger partial charge in [0.25, 0.3) is 11.8 Å². The Kier molecular flexibility index (Phi) is 5.32. The van der Waals surface area contributed by atoms with Crippen molar-refractivity contribution in [3.63, 3.8) is 0 Å². The topological polar surface area (TPSA) is 76.5 Å². The molecule has 4 rings (SSSR count). The van der Waals surface area contributed by atoms with Crippen LogP contribution in [0.4, 0.5) is 5.69 Å². The average molecular weight is 382 g/mol. The van der Waals surface area contributed by atoms with E-state index in [2.05, 4.69) is 10.3 Å². The van der Waals surface area contributed by atoms with Crippen molar-refractivity contribution in [3.05, 3.63) is 41.5 Å². The molecule has 1 saturated heterocycles. The lowest BCUT2D eigenvalue weighted by Gasteiger charge is -2.19. The Morgan fingerprint density at radius 1 is 1.11 bits per heavy atom. The summed E-state index contributed by atoms with van der Waals surface area (Å²) in [5.74, 6) is 0.577. The van der Waals surface area contributed by atoms with Crippen LogP contribution in [-0.4, -0.2) is 46.0 Å². The zero-order valence-electron chi connectivity index (χ0n) is 16.2. The zero-order chi connectivity index (χ0) is 19.5. The van der Waals surface area contributed by atoms with E-state index in [9.17, 15) is 9.59 Å². The molecule has 0 atom stereocenters. The van der Waals surface area contributed by atoms with Crippen LogP contribution in [0.25, 0.3) is 0 Å². The highest BCUT2D eigenvalue weighted by Gasteiger charge is 2.31. The zero-order valence-corrected chi connectivity index (χ0v) is 16.2. The Morgan fingerprint density at radius 3 is 2.64 bits per heavy atom. The van der Waals surface area contributed by atoms with Gasteiger partial charge in [0.2, 0.25) is 0 Å². The van der Waals surface area contributed by atoms with E-state index >= 15 is 0 Å². The predicted octanol–water partition coefficient (Wildman–Crippen LogP) is 3.11. The molecule has 0 radical (unpaired) electrons. The normalized spacial score (nSPS) is 16.0. The first-order valence-corrected chi connectivity index (χ1v) is 10.1. The molecule has 2 amide bonds. The highest BCUT2D eigenvalue weighted by Crippen LogP contribution is 2.27. The summed E-state index contributed by atoms with van der Waals surface area (Å²) in [5.41, 5.74) is 1.95. The number of carbonyl (C=O) groups excluding carboxylic acids is 2. The molecule has 1 N–H and O–H groups in total. The van der Waals surface area contributed by atoms with Crippen LogP contribution in [0.1, 0.15) is 59.4 Å². The number of hydrogen-bond acceptors (Lipinski definition) is 4. The number of fused-ring (bicyclic) bond motifs is 1. The van der Waals surface area contributed by atoms with Gasteiger partial charge in [-0.3, -0.25) is 9.59 Å². The van der Waals surface area contributed by atoms with Crippen LogP contribution >= 0.6 is 0 Å².